The van der Waals surface area contributed by atoms with Gasteiger partial charge in [0.05, 0.1) is 12.6 Å². The zero-order valence-electron chi connectivity index (χ0n) is 20.4. The maximum Gasteiger partial charge on any atom is 0.328 e. The molecule has 0 saturated carbocycles. The number of hydrogen-bond donors (Lipinski definition) is 2. The number of halogens is 3. The third-order valence-electron chi connectivity index (χ3n) is 5.26. The second-order valence-electron chi connectivity index (χ2n) is 8.95. The molecule has 0 aliphatic carbocycles. The molecule has 188 valence electrons. The molecule has 0 aliphatic heterocycles. The number of amides is 1. The summed E-state index contributed by atoms with van der Waals surface area (Å²) in [4.78, 5) is 27.3. The molecule has 2 rings (SSSR count). The Morgan fingerprint density at radius 3 is 2.23 bits per heavy atom. The first-order chi connectivity index (χ1) is 16.5. The minimum atomic E-state index is -0.927. The highest BCUT2D eigenvalue weighted by molar-refractivity contribution is 6.62. The molecule has 0 aromatic heterocycles. The molecular formula is C24H32B2Cl2FN3O3. The zero-order chi connectivity index (χ0) is 26.0. The van der Waals surface area contributed by atoms with Crippen LogP contribution in [0.5, 0.6) is 0 Å². The van der Waals surface area contributed by atoms with Gasteiger partial charge in [-0.25, -0.2) is 9.18 Å². The van der Waals surface area contributed by atoms with Crippen molar-refractivity contribution < 1.29 is 18.7 Å². The van der Waals surface area contributed by atoms with Crippen molar-refractivity contribution >= 4 is 56.5 Å². The summed E-state index contributed by atoms with van der Waals surface area (Å²) in [5, 5.41) is 2.69. The van der Waals surface area contributed by atoms with Gasteiger partial charge in [-0.05, 0) is 48.7 Å². The van der Waals surface area contributed by atoms with Crippen LogP contribution in [0, 0.1) is 5.82 Å². The van der Waals surface area contributed by atoms with Gasteiger partial charge in [0, 0.05) is 35.8 Å². The van der Waals surface area contributed by atoms with Crippen molar-refractivity contribution in [2.24, 2.45) is 5.73 Å². The lowest BCUT2D eigenvalue weighted by atomic mass is 9.69. The molecule has 0 saturated heterocycles. The standard InChI is InChI=1S/C24H32B2Cl2FN3O3/c1-2-35-23(34)21(14-17-3-7-18(29)8-4-17)31-22(33)20(30)13-16-5-9-19(10-6-16)32(12-11-27)15-24(25,26)28/h3-10,20-21H,2,11-15,25-26,30H2,1H3,(H,31,33). The quantitative estimate of drug-likeness (QED) is 0.235. The monoisotopic (exact) mass is 521 g/mol. The molecule has 2 aromatic carbocycles. The third-order valence-corrected chi connectivity index (χ3v) is 5.54. The highest BCUT2D eigenvalue weighted by Crippen LogP contribution is 2.19. The van der Waals surface area contributed by atoms with Crippen molar-refractivity contribution in [2.45, 2.75) is 36.5 Å². The van der Waals surface area contributed by atoms with E-state index in [1.165, 1.54) is 12.1 Å². The average molecular weight is 522 g/mol. The van der Waals surface area contributed by atoms with Crippen molar-refractivity contribution in [3.05, 3.63) is 65.5 Å². The topological polar surface area (TPSA) is 84.7 Å². The number of benzene rings is 2. The Bertz CT molecular complexity index is 960. The van der Waals surface area contributed by atoms with Gasteiger partial charge in [-0.15, -0.1) is 23.2 Å². The Labute approximate surface area is 218 Å². The molecule has 0 fully saturated rings. The number of anilines is 1. The van der Waals surface area contributed by atoms with E-state index in [-0.39, 0.29) is 25.3 Å². The lowest BCUT2D eigenvalue weighted by Gasteiger charge is -2.30. The molecule has 0 heterocycles. The fourth-order valence-corrected chi connectivity index (χ4v) is 3.96. The van der Waals surface area contributed by atoms with E-state index < -0.39 is 28.6 Å². The van der Waals surface area contributed by atoms with Crippen LogP contribution in [-0.2, 0) is 27.2 Å². The van der Waals surface area contributed by atoms with E-state index in [1.54, 1.807) is 19.1 Å². The number of nitrogens with two attached hydrogens (primary N) is 1. The van der Waals surface area contributed by atoms with Crippen molar-refractivity contribution in [2.75, 3.05) is 30.5 Å². The molecule has 3 N–H and O–H groups in total. The van der Waals surface area contributed by atoms with Crippen molar-refractivity contribution in [3.8, 4) is 0 Å². The first kappa shape index (κ1) is 29.0. The Morgan fingerprint density at radius 1 is 1.11 bits per heavy atom. The second kappa shape index (κ2) is 13.8. The molecule has 1 amide bonds. The van der Waals surface area contributed by atoms with Gasteiger partial charge >= 0.3 is 5.97 Å². The van der Waals surface area contributed by atoms with Gasteiger partial charge in [0.2, 0.25) is 5.91 Å². The van der Waals surface area contributed by atoms with E-state index >= 15 is 0 Å². The Kier molecular flexibility index (Phi) is 11.4. The SMILES string of the molecule is BC(B)(Cl)CN(CCCl)c1ccc(CC(N)C(=O)NC(Cc2ccc(F)cc2)C(=O)OCC)cc1. The molecule has 0 aliphatic rings. The lowest BCUT2D eigenvalue weighted by molar-refractivity contribution is -0.147. The molecule has 0 radical (unpaired) electrons. The molecule has 2 atom stereocenters. The largest absolute Gasteiger partial charge is 0.464 e. The lowest BCUT2D eigenvalue weighted by Crippen LogP contribution is -2.50. The number of esters is 1. The Morgan fingerprint density at radius 2 is 1.69 bits per heavy atom. The molecule has 35 heavy (non-hydrogen) atoms. The molecule has 6 nitrogen and oxygen atoms in total. The number of hydrogen-bond acceptors (Lipinski definition) is 5. The summed E-state index contributed by atoms with van der Waals surface area (Å²) < 4.78 is 17.9. The Hall–Kier alpha value is -2.22. The molecule has 2 unspecified atom stereocenters. The van der Waals surface area contributed by atoms with E-state index in [4.69, 9.17) is 33.7 Å². The first-order valence-corrected chi connectivity index (χ1v) is 12.5. The van der Waals surface area contributed by atoms with Gasteiger partial charge in [-0.2, -0.15) is 0 Å². The molecule has 0 spiro atoms. The normalized spacial score (nSPS) is 13.1. The first-order valence-electron chi connectivity index (χ1n) is 11.6. The van der Waals surface area contributed by atoms with Gasteiger partial charge in [0.25, 0.3) is 0 Å². The predicted octanol–water partition coefficient (Wildman–Crippen LogP) is 1.19. The summed E-state index contributed by atoms with van der Waals surface area (Å²) in [5.74, 6) is -0.944. The minimum absolute atomic E-state index is 0.166. The summed E-state index contributed by atoms with van der Waals surface area (Å²) in [5.41, 5.74) is 8.69. The van der Waals surface area contributed by atoms with Crippen LogP contribution in [0.1, 0.15) is 18.1 Å². The van der Waals surface area contributed by atoms with Gasteiger partial charge in [-0.1, -0.05) is 24.3 Å². The van der Waals surface area contributed by atoms with Gasteiger partial charge in [0.1, 0.15) is 27.6 Å². The number of carbonyl (C=O) groups excluding carboxylic acids is 2. The Balaban J connectivity index is 2.04. The summed E-state index contributed by atoms with van der Waals surface area (Å²) in [6, 6.07) is 11.7. The maximum absolute atomic E-state index is 13.2. The number of rotatable bonds is 13. The summed E-state index contributed by atoms with van der Waals surface area (Å²) in [6.45, 7) is 3.15. The van der Waals surface area contributed by atoms with Crippen LogP contribution in [0.4, 0.5) is 10.1 Å². The van der Waals surface area contributed by atoms with Gasteiger partial charge < -0.3 is 20.7 Å². The number of ether oxygens (including phenoxy) is 1. The van der Waals surface area contributed by atoms with E-state index in [0.717, 1.165) is 11.3 Å². The van der Waals surface area contributed by atoms with Crippen LogP contribution in [0.3, 0.4) is 0 Å². The van der Waals surface area contributed by atoms with Gasteiger partial charge in [-0.3, -0.25) is 4.79 Å². The average Bonchev–Trinajstić information content (AvgIpc) is 2.79. The molecule has 0 bridgehead atoms. The van der Waals surface area contributed by atoms with Crippen LogP contribution >= 0.6 is 23.2 Å². The minimum Gasteiger partial charge on any atom is -0.464 e. The van der Waals surface area contributed by atoms with Crippen LogP contribution in [0.2, 0.25) is 0 Å². The fourth-order valence-electron chi connectivity index (χ4n) is 3.62. The zero-order valence-corrected chi connectivity index (χ0v) is 21.9. The van der Waals surface area contributed by atoms with E-state index in [9.17, 15) is 14.0 Å². The summed E-state index contributed by atoms with van der Waals surface area (Å²) >= 11 is 12.4. The highest BCUT2D eigenvalue weighted by atomic mass is 35.5. The van der Waals surface area contributed by atoms with E-state index in [2.05, 4.69) is 10.2 Å². The molecule has 2 aromatic rings. The molecular weight excluding hydrogens is 490 g/mol. The van der Waals surface area contributed by atoms with Crippen LogP contribution < -0.4 is 16.0 Å². The maximum atomic E-state index is 13.2. The van der Waals surface area contributed by atoms with Crippen molar-refractivity contribution in [1.82, 2.24) is 5.32 Å². The fraction of sp³-hybridized carbons (Fsp3) is 0.417. The highest BCUT2D eigenvalue weighted by Gasteiger charge is 2.25. The van der Waals surface area contributed by atoms with Crippen LogP contribution in [0.15, 0.2) is 48.5 Å². The summed E-state index contributed by atoms with van der Waals surface area (Å²) in [6.07, 6.45) is 0.453. The van der Waals surface area contributed by atoms with Crippen molar-refractivity contribution in [1.29, 1.82) is 0 Å². The third kappa shape index (κ3) is 10.1. The number of nitrogens with one attached hydrogen (secondary N) is 1. The smallest absolute Gasteiger partial charge is 0.328 e. The number of alkyl halides is 2. The second-order valence-corrected chi connectivity index (χ2v) is 10.4. The predicted molar refractivity (Wildman–Crippen MR) is 145 cm³/mol. The van der Waals surface area contributed by atoms with E-state index in [1.807, 2.05) is 40.0 Å². The number of carbonyl (C=O) groups is 2. The summed E-state index contributed by atoms with van der Waals surface area (Å²) in [7, 11) is 3.89. The van der Waals surface area contributed by atoms with Crippen LogP contribution in [0.25, 0.3) is 0 Å². The van der Waals surface area contributed by atoms with E-state index in [0.29, 0.717) is 24.5 Å². The van der Waals surface area contributed by atoms with Crippen molar-refractivity contribution in [3.63, 3.8) is 0 Å². The van der Waals surface area contributed by atoms with Gasteiger partial charge in [0.15, 0.2) is 0 Å². The van der Waals surface area contributed by atoms with Crippen LogP contribution in [-0.4, -0.2) is 69.9 Å². The number of nitrogens with zero attached hydrogens (tertiary/aromatic N) is 1. The molecule has 11 heteroatoms.